The molecule has 3 heterocycles. The molecular weight excluding hydrogens is 366 g/mol. The van der Waals surface area contributed by atoms with Crippen LogP contribution in [-0.2, 0) is 0 Å². The number of rotatable bonds is 0. The first-order valence-electron chi connectivity index (χ1n) is 10.2. The molecule has 4 bridgehead atoms. The van der Waals surface area contributed by atoms with Crippen LogP contribution >= 0.6 is 11.9 Å². The fourth-order valence-corrected chi connectivity index (χ4v) is 4.46. The molecule has 2 unspecified atom stereocenters. The van der Waals surface area contributed by atoms with E-state index in [4.69, 9.17) is 5.41 Å². The van der Waals surface area contributed by atoms with Crippen molar-refractivity contribution in [2.24, 2.45) is 5.92 Å². The summed E-state index contributed by atoms with van der Waals surface area (Å²) in [5, 5.41) is 13.0. The largest absolute Gasteiger partial charge is 0.368 e. The lowest BCUT2D eigenvalue weighted by Crippen LogP contribution is -2.43. The molecule has 154 valence electrons. The Morgan fingerprint density at radius 2 is 1.96 bits per heavy atom. The van der Waals surface area contributed by atoms with Gasteiger partial charge in [-0.2, -0.15) is 0 Å². The maximum Gasteiger partial charge on any atom is 0.130 e. The molecule has 5 nitrogen and oxygen atoms in total. The molecule has 0 aromatic carbocycles. The van der Waals surface area contributed by atoms with E-state index in [-0.39, 0.29) is 5.54 Å². The summed E-state index contributed by atoms with van der Waals surface area (Å²) in [5.74, 6) is 1.95. The molecular formula is C22H35N5S. The minimum atomic E-state index is -0.0301. The minimum absolute atomic E-state index is 0.0301. The highest BCUT2D eigenvalue weighted by atomic mass is 32.2. The number of nitrogens with one attached hydrogen (secondary N) is 3. The van der Waals surface area contributed by atoms with Crippen LogP contribution in [0.3, 0.4) is 0 Å². The van der Waals surface area contributed by atoms with Crippen LogP contribution in [0.5, 0.6) is 0 Å². The van der Waals surface area contributed by atoms with E-state index < -0.39 is 0 Å². The van der Waals surface area contributed by atoms with Gasteiger partial charge in [0.2, 0.25) is 0 Å². The average molecular weight is 402 g/mol. The standard InChI is InChI=1S/C20H29N5S.C2H6/c1-13-9-10-16-11-20(4,5)25(12-16)19(21)14(2)15(3)24-26-18-8-6-7-17(22-13)23-18;1-2/h6-8,13,16,21,24H,2-3,9-12H2,1,4-5H3,(H,22,23);1-2H3. The molecule has 3 N–H and O–H groups in total. The first kappa shape index (κ1) is 22.3. The fraction of sp³-hybridized carbons (Fsp3) is 0.545. The van der Waals surface area contributed by atoms with Gasteiger partial charge in [-0.25, -0.2) is 4.98 Å². The minimum Gasteiger partial charge on any atom is -0.368 e. The topological polar surface area (TPSA) is 64.0 Å². The smallest absolute Gasteiger partial charge is 0.130 e. The van der Waals surface area contributed by atoms with Crippen molar-refractivity contribution < 1.29 is 0 Å². The molecule has 6 heteroatoms. The maximum absolute atomic E-state index is 8.67. The number of aromatic nitrogens is 1. The van der Waals surface area contributed by atoms with Crippen LogP contribution in [0.25, 0.3) is 0 Å². The van der Waals surface area contributed by atoms with Gasteiger partial charge in [0.05, 0.1) is 0 Å². The van der Waals surface area contributed by atoms with Gasteiger partial charge in [0.15, 0.2) is 0 Å². The van der Waals surface area contributed by atoms with E-state index in [2.05, 4.69) is 53.9 Å². The number of hydrogen-bond acceptors (Lipinski definition) is 5. The number of anilines is 1. The highest BCUT2D eigenvalue weighted by Crippen LogP contribution is 2.37. The molecule has 0 saturated carbocycles. The van der Waals surface area contributed by atoms with E-state index >= 15 is 0 Å². The van der Waals surface area contributed by atoms with E-state index in [1.807, 2.05) is 32.0 Å². The molecule has 2 atom stereocenters. The number of hydrogen-bond donors (Lipinski definition) is 3. The Labute approximate surface area is 174 Å². The third-order valence-electron chi connectivity index (χ3n) is 5.28. The third kappa shape index (κ3) is 5.31. The van der Waals surface area contributed by atoms with Gasteiger partial charge >= 0.3 is 0 Å². The lowest BCUT2D eigenvalue weighted by Gasteiger charge is -2.34. The van der Waals surface area contributed by atoms with Crippen molar-refractivity contribution in [3.8, 4) is 0 Å². The van der Waals surface area contributed by atoms with Crippen molar-refractivity contribution in [2.75, 3.05) is 11.9 Å². The summed E-state index contributed by atoms with van der Waals surface area (Å²) in [6, 6.07) is 6.33. The van der Waals surface area contributed by atoms with Gasteiger partial charge in [0.1, 0.15) is 16.7 Å². The Bertz CT molecular complexity index is 727. The summed E-state index contributed by atoms with van der Waals surface area (Å²) < 4.78 is 3.20. The van der Waals surface area contributed by atoms with Crippen molar-refractivity contribution >= 4 is 23.6 Å². The Hall–Kier alpha value is -1.95. The molecule has 3 rings (SSSR count). The number of nitrogens with zero attached hydrogens (tertiary/aromatic N) is 2. The van der Waals surface area contributed by atoms with Crippen molar-refractivity contribution in [3.63, 3.8) is 0 Å². The maximum atomic E-state index is 8.67. The van der Waals surface area contributed by atoms with Crippen molar-refractivity contribution in [1.82, 2.24) is 14.6 Å². The van der Waals surface area contributed by atoms with Gasteiger partial charge < -0.3 is 14.9 Å². The van der Waals surface area contributed by atoms with Crippen molar-refractivity contribution in [3.05, 3.63) is 42.6 Å². The average Bonchev–Trinajstić information content (AvgIpc) is 2.99. The summed E-state index contributed by atoms with van der Waals surface area (Å²) in [6.07, 6.45) is 3.33. The van der Waals surface area contributed by atoms with Crippen LogP contribution in [0.1, 0.15) is 53.9 Å². The normalized spacial score (nSPS) is 24.9. The van der Waals surface area contributed by atoms with E-state index in [1.165, 1.54) is 11.9 Å². The van der Waals surface area contributed by atoms with Crippen LogP contribution < -0.4 is 10.0 Å². The molecule has 1 saturated heterocycles. The van der Waals surface area contributed by atoms with Crippen molar-refractivity contribution in [2.45, 2.75) is 70.5 Å². The second-order valence-corrected chi connectivity index (χ2v) is 8.81. The van der Waals surface area contributed by atoms with E-state index in [1.54, 1.807) is 0 Å². The fourth-order valence-electron chi connectivity index (χ4n) is 3.82. The van der Waals surface area contributed by atoms with Crippen LogP contribution in [0, 0.1) is 11.3 Å². The Kier molecular flexibility index (Phi) is 7.58. The quantitative estimate of drug-likeness (QED) is 0.505. The van der Waals surface area contributed by atoms with Gasteiger partial charge in [-0.05, 0) is 58.1 Å². The van der Waals surface area contributed by atoms with Gasteiger partial charge in [-0.3, -0.25) is 5.41 Å². The molecule has 2 aliphatic heterocycles. The van der Waals surface area contributed by atoms with Gasteiger partial charge in [-0.1, -0.05) is 33.1 Å². The van der Waals surface area contributed by atoms with Gasteiger partial charge in [0, 0.05) is 41.3 Å². The molecule has 1 fully saturated rings. The predicted octanol–water partition coefficient (Wildman–Crippen LogP) is 5.45. The summed E-state index contributed by atoms with van der Waals surface area (Å²) in [7, 11) is 0. The predicted molar refractivity (Wildman–Crippen MR) is 122 cm³/mol. The molecule has 1 aromatic heterocycles. The Morgan fingerprint density at radius 3 is 2.68 bits per heavy atom. The van der Waals surface area contributed by atoms with Crippen molar-refractivity contribution in [1.29, 1.82) is 5.41 Å². The van der Waals surface area contributed by atoms with Crippen LogP contribution in [-0.4, -0.2) is 33.8 Å². The molecule has 0 aliphatic carbocycles. The summed E-state index contributed by atoms with van der Waals surface area (Å²) in [4.78, 5) is 6.83. The van der Waals surface area contributed by atoms with E-state index in [0.29, 0.717) is 29.1 Å². The second kappa shape index (κ2) is 9.50. The monoisotopic (exact) mass is 401 g/mol. The Morgan fingerprint density at radius 1 is 1.25 bits per heavy atom. The molecule has 0 spiro atoms. The second-order valence-electron chi connectivity index (χ2n) is 7.99. The zero-order valence-electron chi connectivity index (χ0n) is 17.9. The lowest BCUT2D eigenvalue weighted by molar-refractivity contribution is 0.280. The number of amidine groups is 1. The SMILES string of the molecule is C=C1NSc2cccc(n2)NC(C)CCC2CN(C(=N)C1=C)C(C)(C)C2.CC. The molecule has 2 aliphatic rings. The third-order valence-corrected chi connectivity index (χ3v) is 6.07. The molecule has 28 heavy (non-hydrogen) atoms. The first-order valence-corrected chi connectivity index (χ1v) is 11.0. The molecule has 0 radical (unpaired) electrons. The highest BCUT2D eigenvalue weighted by molar-refractivity contribution is 7.97. The first-order chi connectivity index (χ1) is 13.3. The van der Waals surface area contributed by atoms with Crippen LogP contribution in [0.2, 0.25) is 0 Å². The molecule has 0 amide bonds. The Balaban J connectivity index is 0.00000136. The van der Waals surface area contributed by atoms with Crippen LogP contribution in [0.4, 0.5) is 5.82 Å². The summed E-state index contributed by atoms with van der Waals surface area (Å²) in [5.41, 5.74) is 1.27. The zero-order valence-corrected chi connectivity index (χ0v) is 18.7. The lowest BCUT2D eigenvalue weighted by atomic mass is 9.92. The highest BCUT2D eigenvalue weighted by Gasteiger charge is 2.40. The van der Waals surface area contributed by atoms with E-state index in [0.717, 1.165) is 36.7 Å². The van der Waals surface area contributed by atoms with Gasteiger partial charge in [0.25, 0.3) is 0 Å². The van der Waals surface area contributed by atoms with Gasteiger partial charge in [-0.15, -0.1) is 0 Å². The number of pyridine rings is 1. The molecule has 1 aromatic rings. The summed E-state index contributed by atoms with van der Waals surface area (Å²) in [6.45, 7) is 19.7. The summed E-state index contributed by atoms with van der Waals surface area (Å²) >= 11 is 1.40. The number of fused-ring (bicyclic) bond motifs is 4. The zero-order chi connectivity index (χ0) is 20.9. The van der Waals surface area contributed by atoms with E-state index in [9.17, 15) is 0 Å². The van der Waals surface area contributed by atoms with Crippen LogP contribution in [0.15, 0.2) is 47.7 Å².